The number of allylic oxidation sites excluding steroid dienone is 2. The first kappa shape index (κ1) is 24.8. The van der Waals surface area contributed by atoms with Crippen LogP contribution in [0.15, 0.2) is 111 Å². The predicted molar refractivity (Wildman–Crippen MR) is 126 cm³/mol. The summed E-state index contributed by atoms with van der Waals surface area (Å²) in [7, 11) is 0. The van der Waals surface area contributed by atoms with E-state index in [9.17, 15) is 14.4 Å². The number of carbonyl (C=O) groups is 3. The largest absolute Gasteiger partial charge is 0.427 e. The molecule has 0 atom stereocenters. The summed E-state index contributed by atoms with van der Waals surface area (Å²) in [6.07, 6.45) is 5.54. The maximum absolute atomic E-state index is 12.0. The Hall–Kier alpha value is -4.45. The molecule has 0 saturated heterocycles. The van der Waals surface area contributed by atoms with Gasteiger partial charge >= 0.3 is 17.9 Å². The second-order valence-electron chi connectivity index (χ2n) is 6.71. The van der Waals surface area contributed by atoms with E-state index in [0.717, 1.165) is 28.8 Å². The van der Waals surface area contributed by atoms with Crippen molar-refractivity contribution < 1.29 is 28.6 Å². The molecule has 6 nitrogen and oxygen atoms in total. The van der Waals surface area contributed by atoms with Crippen molar-refractivity contribution in [3.05, 3.63) is 116 Å². The van der Waals surface area contributed by atoms with E-state index in [1.165, 1.54) is 12.2 Å². The Morgan fingerprint density at radius 2 is 1.24 bits per heavy atom. The molecule has 2 rings (SSSR count). The van der Waals surface area contributed by atoms with Crippen molar-refractivity contribution in [2.75, 3.05) is 0 Å². The number of ether oxygens (including phenoxy) is 3. The molecule has 0 radical (unpaired) electrons. The minimum Gasteiger partial charge on any atom is -0.427 e. The molecule has 0 aromatic heterocycles. The summed E-state index contributed by atoms with van der Waals surface area (Å²) in [5.41, 5.74) is 2.92. The molecule has 0 aliphatic carbocycles. The number of hydrogen-bond acceptors (Lipinski definition) is 6. The van der Waals surface area contributed by atoms with Crippen LogP contribution in [0.2, 0.25) is 0 Å². The Labute approximate surface area is 192 Å². The van der Waals surface area contributed by atoms with Gasteiger partial charge in [-0.05, 0) is 47.4 Å². The average molecular weight is 444 g/mol. The lowest BCUT2D eigenvalue weighted by Gasteiger charge is -2.07. The molecule has 0 heterocycles. The molecule has 0 fully saturated rings. The Kier molecular flexibility index (Phi) is 9.34. The van der Waals surface area contributed by atoms with Crippen LogP contribution in [-0.4, -0.2) is 17.9 Å². The number of hydrogen-bond donors (Lipinski definition) is 0. The van der Waals surface area contributed by atoms with Crippen LogP contribution in [0.3, 0.4) is 0 Å². The van der Waals surface area contributed by atoms with E-state index in [0.29, 0.717) is 12.2 Å². The second kappa shape index (κ2) is 12.4. The van der Waals surface area contributed by atoms with Gasteiger partial charge in [-0.1, -0.05) is 62.7 Å². The molecule has 33 heavy (non-hydrogen) atoms. The summed E-state index contributed by atoms with van der Waals surface area (Å²) in [5.74, 6) is -0.962. The monoisotopic (exact) mass is 444 g/mol. The van der Waals surface area contributed by atoms with E-state index in [1.807, 2.05) is 36.4 Å². The van der Waals surface area contributed by atoms with Gasteiger partial charge in [0.25, 0.3) is 0 Å². The SMILES string of the molecule is C=CC(=O)OC(=C)/C=C\C(=C)OC(=O)CCc1ccc(-c2ccc(OC(=O)C=C)cc2)cc1. The van der Waals surface area contributed by atoms with Crippen LogP contribution in [0.1, 0.15) is 12.0 Å². The third kappa shape index (κ3) is 8.67. The van der Waals surface area contributed by atoms with Crippen LogP contribution in [0, 0.1) is 0 Å². The molecule has 0 unspecified atom stereocenters. The lowest BCUT2D eigenvalue weighted by Crippen LogP contribution is -2.04. The van der Waals surface area contributed by atoms with Crippen LogP contribution in [-0.2, 0) is 30.3 Å². The zero-order chi connectivity index (χ0) is 24.2. The highest BCUT2D eigenvalue weighted by Gasteiger charge is 2.07. The summed E-state index contributed by atoms with van der Waals surface area (Å²) < 4.78 is 15.0. The van der Waals surface area contributed by atoms with Crippen molar-refractivity contribution in [1.82, 2.24) is 0 Å². The summed E-state index contributed by atoms with van der Waals surface area (Å²) in [6, 6.07) is 14.9. The van der Waals surface area contributed by atoms with Gasteiger partial charge in [0.15, 0.2) is 0 Å². The van der Waals surface area contributed by atoms with Crippen molar-refractivity contribution in [3.63, 3.8) is 0 Å². The van der Waals surface area contributed by atoms with Crippen LogP contribution < -0.4 is 4.74 Å². The maximum atomic E-state index is 12.0. The van der Waals surface area contributed by atoms with Gasteiger partial charge in [-0.2, -0.15) is 0 Å². The summed E-state index contributed by atoms with van der Waals surface area (Å²) in [5, 5.41) is 0. The van der Waals surface area contributed by atoms with Gasteiger partial charge in [0, 0.05) is 18.6 Å². The van der Waals surface area contributed by atoms with Gasteiger partial charge in [0.05, 0.1) is 0 Å². The van der Waals surface area contributed by atoms with E-state index in [2.05, 4.69) is 26.3 Å². The molecular weight excluding hydrogens is 420 g/mol. The summed E-state index contributed by atoms with van der Waals surface area (Å²) in [6.45, 7) is 13.8. The fourth-order valence-electron chi connectivity index (χ4n) is 2.61. The molecule has 2 aromatic carbocycles. The average Bonchev–Trinajstić information content (AvgIpc) is 2.82. The second-order valence-corrected chi connectivity index (χ2v) is 6.71. The fourth-order valence-corrected chi connectivity index (χ4v) is 2.61. The molecule has 0 amide bonds. The predicted octanol–water partition coefficient (Wildman–Crippen LogP) is 5.23. The van der Waals surface area contributed by atoms with E-state index < -0.39 is 17.9 Å². The minimum absolute atomic E-state index is 0.0737. The van der Waals surface area contributed by atoms with Crippen LogP contribution in [0.25, 0.3) is 11.1 Å². The van der Waals surface area contributed by atoms with Gasteiger partial charge in [0.1, 0.15) is 17.3 Å². The molecule has 0 spiro atoms. The van der Waals surface area contributed by atoms with Crippen molar-refractivity contribution in [2.45, 2.75) is 12.8 Å². The smallest absolute Gasteiger partial charge is 0.335 e. The third-order valence-electron chi connectivity index (χ3n) is 4.24. The third-order valence-corrected chi connectivity index (χ3v) is 4.24. The number of aryl methyl sites for hydroxylation is 1. The molecule has 0 aliphatic rings. The lowest BCUT2D eigenvalue weighted by atomic mass is 10.0. The van der Waals surface area contributed by atoms with Gasteiger partial charge in [-0.25, -0.2) is 9.59 Å². The van der Waals surface area contributed by atoms with Crippen molar-refractivity contribution in [2.24, 2.45) is 0 Å². The topological polar surface area (TPSA) is 78.9 Å². The number of benzene rings is 2. The molecule has 0 aliphatic heterocycles. The molecule has 6 heteroatoms. The summed E-state index contributed by atoms with van der Waals surface area (Å²) in [4.78, 5) is 34.3. The first-order valence-electron chi connectivity index (χ1n) is 9.95. The first-order valence-corrected chi connectivity index (χ1v) is 9.95. The standard InChI is InChI=1S/C27H24O6/c1-5-25(28)31-19(3)7-8-20(4)32-27(30)18-11-21-9-12-22(13-10-21)23-14-16-24(17-15-23)33-26(29)6-2/h5-10,12-17H,1-4,11,18H2/b8-7-. The van der Waals surface area contributed by atoms with Crippen molar-refractivity contribution in [3.8, 4) is 16.9 Å². The number of carbonyl (C=O) groups excluding carboxylic acids is 3. The normalized spacial score (nSPS) is 10.2. The Morgan fingerprint density at radius 1 is 0.727 bits per heavy atom. The van der Waals surface area contributed by atoms with Gasteiger partial charge in [-0.15, -0.1) is 0 Å². The van der Waals surface area contributed by atoms with E-state index in [4.69, 9.17) is 14.2 Å². The highest BCUT2D eigenvalue weighted by atomic mass is 16.5. The number of rotatable bonds is 11. The van der Waals surface area contributed by atoms with Gasteiger partial charge in [0.2, 0.25) is 0 Å². The van der Waals surface area contributed by atoms with Gasteiger partial charge < -0.3 is 14.2 Å². The minimum atomic E-state index is -0.635. The zero-order valence-electron chi connectivity index (χ0n) is 18.1. The molecule has 0 N–H and O–H groups in total. The molecular formula is C27H24O6. The van der Waals surface area contributed by atoms with E-state index in [1.54, 1.807) is 12.1 Å². The molecule has 0 bridgehead atoms. The number of esters is 3. The highest BCUT2D eigenvalue weighted by molar-refractivity contribution is 5.83. The Balaban J connectivity index is 1.83. The van der Waals surface area contributed by atoms with Crippen LogP contribution in [0.4, 0.5) is 0 Å². The van der Waals surface area contributed by atoms with E-state index >= 15 is 0 Å². The molecule has 0 saturated carbocycles. The zero-order valence-corrected chi connectivity index (χ0v) is 18.1. The van der Waals surface area contributed by atoms with E-state index in [-0.39, 0.29) is 17.9 Å². The van der Waals surface area contributed by atoms with Crippen LogP contribution in [0.5, 0.6) is 5.75 Å². The quantitative estimate of drug-likeness (QED) is 0.155. The maximum Gasteiger partial charge on any atom is 0.335 e. The van der Waals surface area contributed by atoms with Crippen molar-refractivity contribution >= 4 is 17.9 Å². The first-order chi connectivity index (χ1) is 15.8. The van der Waals surface area contributed by atoms with Crippen LogP contribution >= 0.6 is 0 Å². The lowest BCUT2D eigenvalue weighted by molar-refractivity contribution is -0.139. The Bertz CT molecular complexity index is 1090. The fraction of sp³-hybridized carbons (Fsp3) is 0.0741. The summed E-state index contributed by atoms with van der Waals surface area (Å²) >= 11 is 0. The Morgan fingerprint density at radius 3 is 1.79 bits per heavy atom. The molecule has 2 aromatic rings. The molecule has 168 valence electrons. The van der Waals surface area contributed by atoms with Crippen molar-refractivity contribution in [1.29, 1.82) is 0 Å². The highest BCUT2D eigenvalue weighted by Crippen LogP contribution is 2.23. The van der Waals surface area contributed by atoms with Gasteiger partial charge in [-0.3, -0.25) is 4.79 Å².